The van der Waals surface area contributed by atoms with Crippen molar-refractivity contribution in [3.63, 3.8) is 0 Å². The molecule has 1 aromatic carbocycles. The van der Waals surface area contributed by atoms with Crippen LogP contribution in [0.4, 0.5) is 0 Å². The lowest BCUT2D eigenvalue weighted by Gasteiger charge is -2.12. The minimum Gasteiger partial charge on any atom is -0.493 e. The molecule has 0 bridgehead atoms. The topological polar surface area (TPSA) is 87.9 Å². The number of hydrogen-bond acceptors (Lipinski definition) is 5. The van der Waals surface area contributed by atoms with E-state index in [-0.39, 0.29) is 0 Å². The molecule has 0 spiro atoms. The molecule has 6 nitrogen and oxygen atoms in total. The molecule has 2 N–H and O–H groups in total. The quantitative estimate of drug-likeness (QED) is 0.580. The predicted octanol–water partition coefficient (Wildman–Crippen LogP) is 2.57. The third-order valence-electron chi connectivity index (χ3n) is 2.81. The normalized spacial score (nSPS) is 12.0. The number of nitrogens with two attached hydrogens (primary N) is 1. The van der Waals surface area contributed by atoms with Crippen LogP contribution >= 0.6 is 11.6 Å². The molecule has 7 heteroatoms. The van der Waals surface area contributed by atoms with E-state index < -0.39 is 18.0 Å². The number of primary amides is 1. The van der Waals surface area contributed by atoms with Crippen LogP contribution in [0.1, 0.15) is 25.8 Å². The van der Waals surface area contributed by atoms with Gasteiger partial charge in [0.05, 0.1) is 18.7 Å². The Kier molecular flexibility index (Phi) is 7.41. The van der Waals surface area contributed by atoms with Gasteiger partial charge in [-0.25, -0.2) is 4.79 Å². The fourth-order valence-corrected chi connectivity index (χ4v) is 1.89. The lowest BCUT2D eigenvalue weighted by atomic mass is 10.2. The largest absolute Gasteiger partial charge is 0.493 e. The first-order valence-corrected chi connectivity index (χ1v) is 7.45. The minimum absolute atomic E-state index is 0.372. The van der Waals surface area contributed by atoms with E-state index in [9.17, 15) is 9.59 Å². The van der Waals surface area contributed by atoms with Gasteiger partial charge in [0.1, 0.15) is 0 Å². The third kappa shape index (κ3) is 5.83. The average molecular weight is 342 g/mol. The second kappa shape index (κ2) is 9.05. The Balaban J connectivity index is 2.88. The first kappa shape index (κ1) is 18.8. The molecule has 1 aromatic rings. The summed E-state index contributed by atoms with van der Waals surface area (Å²) in [6.45, 7) is 3.90. The second-order valence-electron chi connectivity index (χ2n) is 4.70. The molecule has 0 saturated carbocycles. The Morgan fingerprint density at radius 1 is 1.39 bits per heavy atom. The zero-order chi connectivity index (χ0) is 17.4. The number of carbonyl (C=O) groups is 2. The Labute approximate surface area is 140 Å². The minimum atomic E-state index is -0.991. The fraction of sp³-hybridized carbons (Fsp3) is 0.375. The van der Waals surface area contributed by atoms with Gasteiger partial charge in [-0.15, -0.1) is 0 Å². The maximum atomic E-state index is 11.6. The van der Waals surface area contributed by atoms with Crippen molar-refractivity contribution in [2.45, 2.75) is 26.4 Å². The summed E-state index contributed by atoms with van der Waals surface area (Å²) in [7, 11) is 1.50. The number of esters is 1. The molecule has 0 fully saturated rings. The molecule has 0 unspecified atom stereocenters. The summed E-state index contributed by atoms with van der Waals surface area (Å²) in [5.41, 5.74) is 5.64. The number of ether oxygens (including phenoxy) is 3. The first-order valence-electron chi connectivity index (χ1n) is 7.07. The van der Waals surface area contributed by atoms with Gasteiger partial charge in [-0.05, 0) is 37.1 Å². The zero-order valence-electron chi connectivity index (χ0n) is 13.3. The average Bonchev–Trinajstić information content (AvgIpc) is 2.51. The summed E-state index contributed by atoms with van der Waals surface area (Å²) in [6.07, 6.45) is 2.52. The van der Waals surface area contributed by atoms with E-state index in [4.69, 9.17) is 31.5 Å². The van der Waals surface area contributed by atoms with Crippen LogP contribution in [-0.4, -0.2) is 31.7 Å². The molecule has 1 rings (SSSR count). The van der Waals surface area contributed by atoms with Crippen molar-refractivity contribution < 1.29 is 23.8 Å². The molecule has 0 aliphatic rings. The molecule has 0 heterocycles. The van der Waals surface area contributed by atoms with Crippen LogP contribution in [-0.2, 0) is 14.3 Å². The second-order valence-corrected chi connectivity index (χ2v) is 5.10. The van der Waals surface area contributed by atoms with Crippen molar-refractivity contribution in [1.82, 2.24) is 0 Å². The number of amides is 1. The number of carbonyl (C=O) groups excluding carboxylic acids is 2. The van der Waals surface area contributed by atoms with E-state index >= 15 is 0 Å². The van der Waals surface area contributed by atoms with E-state index in [1.165, 1.54) is 26.2 Å². The van der Waals surface area contributed by atoms with Gasteiger partial charge in [0.15, 0.2) is 17.6 Å². The molecule has 0 aromatic heterocycles. The molecule has 0 aliphatic carbocycles. The predicted molar refractivity (Wildman–Crippen MR) is 87.6 cm³/mol. The van der Waals surface area contributed by atoms with Crippen LogP contribution in [0.3, 0.4) is 0 Å². The molecule has 1 amide bonds. The summed E-state index contributed by atoms with van der Waals surface area (Å²) < 4.78 is 15.6. The highest BCUT2D eigenvalue weighted by Gasteiger charge is 2.13. The van der Waals surface area contributed by atoms with Gasteiger partial charge in [-0.1, -0.05) is 18.5 Å². The van der Waals surface area contributed by atoms with Crippen molar-refractivity contribution >= 4 is 29.6 Å². The number of rotatable bonds is 8. The smallest absolute Gasteiger partial charge is 0.331 e. The SMILES string of the molecule is CCCOc1c(Cl)cc(/C=C/C(=O)O[C@H](C)C(N)=O)cc1OC. The number of methoxy groups -OCH3 is 1. The highest BCUT2D eigenvalue weighted by atomic mass is 35.5. The summed E-state index contributed by atoms with van der Waals surface area (Å²) in [5.74, 6) is -0.478. The molecule has 0 aliphatic heterocycles. The van der Waals surface area contributed by atoms with Crippen LogP contribution in [0.15, 0.2) is 18.2 Å². The van der Waals surface area contributed by atoms with Crippen LogP contribution in [0.5, 0.6) is 11.5 Å². The van der Waals surface area contributed by atoms with Crippen molar-refractivity contribution in [3.05, 3.63) is 28.8 Å². The standard InChI is InChI=1S/C16H20ClNO5/c1-4-7-22-15-12(17)8-11(9-13(15)21-3)5-6-14(19)23-10(2)16(18)20/h5-6,8-10H,4,7H2,1-3H3,(H2,18,20)/b6-5+/t10-/m1/s1. The van der Waals surface area contributed by atoms with Crippen molar-refractivity contribution in [1.29, 1.82) is 0 Å². The fourth-order valence-electron chi connectivity index (χ4n) is 1.62. The third-order valence-corrected chi connectivity index (χ3v) is 3.09. The van der Waals surface area contributed by atoms with Gasteiger partial charge in [0, 0.05) is 6.08 Å². The lowest BCUT2D eigenvalue weighted by Crippen LogP contribution is -2.29. The van der Waals surface area contributed by atoms with Gasteiger partial charge in [-0.3, -0.25) is 4.79 Å². The first-order chi connectivity index (χ1) is 10.9. The van der Waals surface area contributed by atoms with Gasteiger partial charge >= 0.3 is 5.97 Å². The monoisotopic (exact) mass is 341 g/mol. The Hall–Kier alpha value is -2.21. The highest BCUT2D eigenvalue weighted by Crippen LogP contribution is 2.36. The summed E-state index contributed by atoms with van der Waals surface area (Å²) in [4.78, 5) is 22.4. The molecule has 126 valence electrons. The van der Waals surface area contributed by atoms with Gasteiger partial charge in [-0.2, -0.15) is 0 Å². The zero-order valence-corrected chi connectivity index (χ0v) is 14.1. The van der Waals surface area contributed by atoms with E-state index in [2.05, 4.69) is 0 Å². The van der Waals surface area contributed by atoms with Crippen LogP contribution in [0.2, 0.25) is 5.02 Å². The number of halogens is 1. The van der Waals surface area contributed by atoms with Gasteiger partial charge in [0.25, 0.3) is 5.91 Å². The maximum Gasteiger partial charge on any atom is 0.331 e. The molecule has 0 saturated heterocycles. The van der Waals surface area contributed by atoms with Crippen LogP contribution < -0.4 is 15.2 Å². The molecule has 0 radical (unpaired) electrons. The summed E-state index contributed by atoms with van der Waals surface area (Å²) in [5, 5.41) is 0.372. The number of benzene rings is 1. The van der Waals surface area contributed by atoms with Gasteiger partial charge in [0.2, 0.25) is 0 Å². The molecule has 1 atom stereocenters. The van der Waals surface area contributed by atoms with E-state index in [1.807, 2.05) is 6.92 Å². The van der Waals surface area contributed by atoms with Crippen LogP contribution in [0, 0.1) is 0 Å². The maximum absolute atomic E-state index is 11.6. The molecule has 23 heavy (non-hydrogen) atoms. The van der Waals surface area contributed by atoms with Crippen molar-refractivity contribution in [2.75, 3.05) is 13.7 Å². The summed E-state index contributed by atoms with van der Waals surface area (Å²) >= 11 is 6.17. The van der Waals surface area contributed by atoms with E-state index in [0.717, 1.165) is 6.42 Å². The summed E-state index contributed by atoms with van der Waals surface area (Å²) in [6, 6.07) is 3.31. The Bertz CT molecular complexity index is 600. The molecular formula is C16H20ClNO5. The van der Waals surface area contributed by atoms with E-state index in [0.29, 0.717) is 28.7 Å². The van der Waals surface area contributed by atoms with Crippen molar-refractivity contribution in [3.8, 4) is 11.5 Å². The van der Waals surface area contributed by atoms with E-state index in [1.54, 1.807) is 12.1 Å². The number of hydrogen-bond donors (Lipinski definition) is 1. The Morgan fingerprint density at radius 2 is 2.09 bits per heavy atom. The van der Waals surface area contributed by atoms with Gasteiger partial charge < -0.3 is 19.9 Å². The van der Waals surface area contributed by atoms with Crippen molar-refractivity contribution in [2.24, 2.45) is 5.73 Å². The lowest BCUT2D eigenvalue weighted by molar-refractivity contribution is -0.148. The highest BCUT2D eigenvalue weighted by molar-refractivity contribution is 6.32. The Morgan fingerprint density at radius 3 is 2.65 bits per heavy atom. The van der Waals surface area contributed by atoms with Crippen LogP contribution in [0.25, 0.3) is 6.08 Å². The molecular weight excluding hydrogens is 322 g/mol.